The van der Waals surface area contributed by atoms with Crippen LogP contribution in [0.2, 0.25) is 0 Å². The molecule has 1 unspecified atom stereocenters. The van der Waals surface area contributed by atoms with Gasteiger partial charge in [-0.1, -0.05) is 18.2 Å². The van der Waals surface area contributed by atoms with Crippen LogP contribution in [-0.2, 0) is 4.79 Å². The van der Waals surface area contributed by atoms with Crippen LogP contribution in [0.25, 0.3) is 0 Å². The van der Waals surface area contributed by atoms with Crippen molar-refractivity contribution in [2.24, 2.45) is 0 Å². The highest BCUT2D eigenvalue weighted by atomic mass is 16.5. The van der Waals surface area contributed by atoms with Gasteiger partial charge in [0.15, 0.2) is 0 Å². The van der Waals surface area contributed by atoms with E-state index in [4.69, 9.17) is 4.74 Å². The molecule has 0 spiro atoms. The summed E-state index contributed by atoms with van der Waals surface area (Å²) in [4.78, 5) is 11.7. The Kier molecular flexibility index (Phi) is 5.87. The van der Waals surface area contributed by atoms with Crippen LogP contribution in [0.15, 0.2) is 24.3 Å². The van der Waals surface area contributed by atoms with Crippen molar-refractivity contribution in [3.8, 4) is 5.75 Å². The van der Waals surface area contributed by atoms with E-state index < -0.39 is 0 Å². The number of benzene rings is 1. The maximum Gasteiger partial charge on any atom is 0.221 e. The Morgan fingerprint density at radius 3 is 3.05 bits per heavy atom. The first-order chi connectivity index (χ1) is 9.75. The Labute approximate surface area is 120 Å². The molecule has 1 aromatic carbocycles. The highest BCUT2D eigenvalue weighted by Crippen LogP contribution is 2.16. The molecule has 0 saturated carbocycles. The molecule has 1 fully saturated rings. The highest BCUT2D eigenvalue weighted by molar-refractivity contribution is 5.76. The summed E-state index contributed by atoms with van der Waals surface area (Å²) >= 11 is 0. The third kappa shape index (κ3) is 4.85. The van der Waals surface area contributed by atoms with Gasteiger partial charge >= 0.3 is 0 Å². The molecule has 110 valence electrons. The van der Waals surface area contributed by atoms with Gasteiger partial charge in [0.1, 0.15) is 5.75 Å². The topological polar surface area (TPSA) is 50.4 Å². The van der Waals surface area contributed by atoms with E-state index in [9.17, 15) is 4.79 Å². The summed E-state index contributed by atoms with van der Waals surface area (Å²) in [5.74, 6) is 1.06. The molecular weight excluding hydrogens is 252 g/mol. The minimum absolute atomic E-state index is 0.139. The number of hydrogen-bond acceptors (Lipinski definition) is 3. The summed E-state index contributed by atoms with van der Waals surface area (Å²) in [6, 6.07) is 8.35. The second kappa shape index (κ2) is 7.90. The van der Waals surface area contributed by atoms with E-state index in [1.54, 1.807) is 0 Å². The zero-order chi connectivity index (χ0) is 14.2. The van der Waals surface area contributed by atoms with Crippen molar-refractivity contribution in [1.29, 1.82) is 0 Å². The smallest absolute Gasteiger partial charge is 0.221 e. The molecule has 0 bridgehead atoms. The van der Waals surface area contributed by atoms with Gasteiger partial charge in [0.2, 0.25) is 5.91 Å². The number of ether oxygens (including phenoxy) is 1. The third-order valence-electron chi connectivity index (χ3n) is 3.59. The van der Waals surface area contributed by atoms with Crippen LogP contribution in [-0.4, -0.2) is 31.6 Å². The van der Waals surface area contributed by atoms with Crippen LogP contribution < -0.4 is 15.4 Å². The van der Waals surface area contributed by atoms with Gasteiger partial charge in [-0.05, 0) is 44.4 Å². The largest absolute Gasteiger partial charge is 0.493 e. The quantitative estimate of drug-likeness (QED) is 0.749. The lowest BCUT2D eigenvalue weighted by atomic mass is 10.1. The molecule has 4 nitrogen and oxygen atoms in total. The molecule has 1 aromatic rings. The SMILES string of the molecule is Cc1ccccc1OCCCNC(=O)CC1CCCN1. The van der Waals surface area contributed by atoms with E-state index in [1.807, 2.05) is 31.2 Å². The Morgan fingerprint density at radius 1 is 1.45 bits per heavy atom. The molecule has 0 radical (unpaired) electrons. The van der Waals surface area contributed by atoms with Crippen molar-refractivity contribution in [1.82, 2.24) is 10.6 Å². The molecule has 20 heavy (non-hydrogen) atoms. The summed E-state index contributed by atoms with van der Waals surface area (Å²) in [5, 5.41) is 6.28. The molecule has 0 aliphatic carbocycles. The van der Waals surface area contributed by atoms with Gasteiger partial charge < -0.3 is 15.4 Å². The number of rotatable bonds is 7. The lowest BCUT2D eigenvalue weighted by Gasteiger charge is -2.11. The summed E-state index contributed by atoms with van der Waals surface area (Å²) in [6.07, 6.45) is 3.73. The number of amides is 1. The summed E-state index contributed by atoms with van der Waals surface area (Å²) < 4.78 is 5.69. The van der Waals surface area contributed by atoms with E-state index >= 15 is 0 Å². The predicted octanol–water partition coefficient (Wildman–Crippen LogP) is 2.02. The Morgan fingerprint density at radius 2 is 2.30 bits per heavy atom. The molecule has 1 aliphatic rings. The Hall–Kier alpha value is -1.55. The van der Waals surface area contributed by atoms with Crippen molar-refractivity contribution in [3.05, 3.63) is 29.8 Å². The van der Waals surface area contributed by atoms with Crippen molar-refractivity contribution < 1.29 is 9.53 Å². The standard InChI is InChI=1S/C16H24N2O2/c1-13-6-2-3-8-15(13)20-11-5-10-18-16(19)12-14-7-4-9-17-14/h2-3,6,8,14,17H,4-5,7,9-12H2,1H3,(H,18,19). The fraction of sp³-hybridized carbons (Fsp3) is 0.562. The van der Waals surface area contributed by atoms with E-state index in [0.717, 1.165) is 30.7 Å². The molecule has 2 N–H and O–H groups in total. The number of nitrogens with one attached hydrogen (secondary N) is 2. The van der Waals surface area contributed by atoms with Crippen LogP contribution in [0.5, 0.6) is 5.75 Å². The lowest BCUT2D eigenvalue weighted by Crippen LogP contribution is -2.32. The second-order valence-electron chi connectivity index (χ2n) is 5.31. The van der Waals surface area contributed by atoms with Gasteiger partial charge in [-0.25, -0.2) is 0 Å². The van der Waals surface area contributed by atoms with E-state index in [0.29, 0.717) is 25.6 Å². The summed E-state index contributed by atoms with van der Waals surface area (Å²) in [5.41, 5.74) is 1.14. The maximum absolute atomic E-state index is 11.7. The number of para-hydroxylation sites is 1. The van der Waals surface area contributed by atoms with Crippen molar-refractivity contribution >= 4 is 5.91 Å². The molecule has 1 aliphatic heterocycles. The van der Waals surface area contributed by atoms with Gasteiger partial charge in [0, 0.05) is 19.0 Å². The third-order valence-corrected chi connectivity index (χ3v) is 3.59. The van der Waals surface area contributed by atoms with Crippen molar-refractivity contribution in [2.75, 3.05) is 19.7 Å². The second-order valence-corrected chi connectivity index (χ2v) is 5.31. The van der Waals surface area contributed by atoms with Gasteiger partial charge in [-0.3, -0.25) is 4.79 Å². The molecule has 4 heteroatoms. The van der Waals surface area contributed by atoms with Crippen LogP contribution in [0, 0.1) is 6.92 Å². The molecule has 1 amide bonds. The van der Waals surface area contributed by atoms with Gasteiger partial charge in [-0.15, -0.1) is 0 Å². The van der Waals surface area contributed by atoms with Crippen LogP contribution in [0.4, 0.5) is 0 Å². The van der Waals surface area contributed by atoms with Crippen LogP contribution >= 0.6 is 0 Å². The molecule has 1 saturated heterocycles. The molecule has 0 aromatic heterocycles. The minimum atomic E-state index is 0.139. The minimum Gasteiger partial charge on any atom is -0.493 e. The predicted molar refractivity (Wildman–Crippen MR) is 79.9 cm³/mol. The molecule has 1 atom stereocenters. The van der Waals surface area contributed by atoms with Crippen molar-refractivity contribution in [3.63, 3.8) is 0 Å². The summed E-state index contributed by atoms with van der Waals surface area (Å²) in [7, 11) is 0. The average molecular weight is 276 g/mol. The Bertz CT molecular complexity index is 428. The van der Waals surface area contributed by atoms with Gasteiger partial charge in [0.25, 0.3) is 0 Å². The summed E-state index contributed by atoms with van der Waals surface area (Å²) in [6.45, 7) is 4.39. The molecule has 1 heterocycles. The number of hydrogen-bond donors (Lipinski definition) is 2. The van der Waals surface area contributed by atoms with Gasteiger partial charge in [-0.2, -0.15) is 0 Å². The fourth-order valence-electron chi connectivity index (χ4n) is 2.43. The Balaban J connectivity index is 1.55. The van der Waals surface area contributed by atoms with Crippen LogP contribution in [0.3, 0.4) is 0 Å². The highest BCUT2D eigenvalue weighted by Gasteiger charge is 2.16. The van der Waals surface area contributed by atoms with E-state index in [-0.39, 0.29) is 5.91 Å². The van der Waals surface area contributed by atoms with Crippen molar-refractivity contribution in [2.45, 2.75) is 38.6 Å². The number of aryl methyl sites for hydroxylation is 1. The zero-order valence-corrected chi connectivity index (χ0v) is 12.2. The van der Waals surface area contributed by atoms with E-state index in [2.05, 4.69) is 10.6 Å². The average Bonchev–Trinajstić information content (AvgIpc) is 2.93. The maximum atomic E-state index is 11.7. The normalized spacial score (nSPS) is 17.9. The monoisotopic (exact) mass is 276 g/mol. The van der Waals surface area contributed by atoms with Gasteiger partial charge in [0.05, 0.1) is 6.61 Å². The zero-order valence-electron chi connectivity index (χ0n) is 12.2. The number of carbonyl (C=O) groups is 1. The first kappa shape index (κ1) is 14.9. The van der Waals surface area contributed by atoms with Crippen LogP contribution in [0.1, 0.15) is 31.2 Å². The van der Waals surface area contributed by atoms with E-state index in [1.165, 1.54) is 6.42 Å². The number of carbonyl (C=O) groups excluding carboxylic acids is 1. The molecular formula is C16H24N2O2. The lowest BCUT2D eigenvalue weighted by molar-refractivity contribution is -0.121. The first-order valence-electron chi connectivity index (χ1n) is 7.44. The first-order valence-corrected chi connectivity index (χ1v) is 7.44. The molecule has 2 rings (SSSR count). The fourth-order valence-corrected chi connectivity index (χ4v) is 2.43.